The Bertz CT molecular complexity index is 528. The molecule has 2 amide bonds. The Morgan fingerprint density at radius 1 is 1.40 bits per heavy atom. The molecule has 3 N–H and O–H groups in total. The number of carbonyl (C=O) groups excluding carboxylic acids is 2. The Morgan fingerprint density at radius 2 is 2.05 bits per heavy atom. The highest BCUT2D eigenvalue weighted by Gasteiger charge is 2.32. The molecule has 5 nitrogen and oxygen atoms in total. The average Bonchev–Trinajstić information content (AvgIpc) is 2.40. The molecule has 0 aliphatic carbocycles. The molecule has 2 atom stereocenters. The fourth-order valence-electron chi connectivity index (χ4n) is 2.61. The number of anilines is 1. The zero-order valence-corrected chi connectivity index (χ0v) is 12.1. The third-order valence-corrected chi connectivity index (χ3v) is 3.78. The fourth-order valence-corrected chi connectivity index (χ4v) is 2.61. The van der Waals surface area contributed by atoms with Crippen LogP contribution in [-0.2, 0) is 9.59 Å². The summed E-state index contributed by atoms with van der Waals surface area (Å²) in [5.41, 5.74) is 7.35. The van der Waals surface area contributed by atoms with Crippen LogP contribution in [0.25, 0.3) is 0 Å². The molecule has 0 saturated heterocycles. The van der Waals surface area contributed by atoms with Crippen LogP contribution in [0.3, 0.4) is 0 Å². The molecule has 0 bridgehead atoms. The molecule has 108 valence electrons. The van der Waals surface area contributed by atoms with Crippen molar-refractivity contribution in [3.63, 3.8) is 0 Å². The summed E-state index contributed by atoms with van der Waals surface area (Å²) in [6.45, 7) is 3.87. The smallest absolute Gasteiger partial charge is 0.234 e. The van der Waals surface area contributed by atoms with Gasteiger partial charge in [-0.25, -0.2) is 0 Å². The second-order valence-corrected chi connectivity index (χ2v) is 5.56. The lowest BCUT2D eigenvalue weighted by atomic mass is 9.93. The van der Waals surface area contributed by atoms with Gasteiger partial charge in [0, 0.05) is 25.2 Å². The molecule has 1 aromatic rings. The molecule has 2 unspecified atom stereocenters. The molecule has 0 fully saturated rings. The third-order valence-electron chi connectivity index (χ3n) is 3.78. The summed E-state index contributed by atoms with van der Waals surface area (Å²) in [6.07, 6.45) is 0.337. The number of benzene rings is 1. The van der Waals surface area contributed by atoms with E-state index in [0.29, 0.717) is 6.42 Å². The van der Waals surface area contributed by atoms with E-state index in [9.17, 15) is 9.59 Å². The molecule has 2 rings (SSSR count). The minimum absolute atomic E-state index is 0.0353. The van der Waals surface area contributed by atoms with Gasteiger partial charge in [0.2, 0.25) is 11.8 Å². The second kappa shape index (κ2) is 5.63. The summed E-state index contributed by atoms with van der Waals surface area (Å²) in [5, 5.41) is 3.24. The van der Waals surface area contributed by atoms with Crippen molar-refractivity contribution in [3.8, 4) is 0 Å². The SMILES string of the molecule is CC(C)C(NC1CC(=O)N(C)c2ccccc21)C(N)=O. The van der Waals surface area contributed by atoms with Crippen LogP contribution >= 0.6 is 0 Å². The Hall–Kier alpha value is -1.88. The molecular weight excluding hydrogens is 254 g/mol. The van der Waals surface area contributed by atoms with E-state index in [2.05, 4.69) is 5.32 Å². The maximum absolute atomic E-state index is 12.1. The molecule has 0 aromatic heterocycles. The number of amides is 2. The van der Waals surface area contributed by atoms with E-state index in [-0.39, 0.29) is 23.8 Å². The number of fused-ring (bicyclic) bond motifs is 1. The van der Waals surface area contributed by atoms with Gasteiger partial charge in [0.25, 0.3) is 0 Å². The highest BCUT2D eigenvalue weighted by Crippen LogP contribution is 2.33. The average molecular weight is 275 g/mol. The predicted molar refractivity (Wildman–Crippen MR) is 78.2 cm³/mol. The van der Waals surface area contributed by atoms with Crippen molar-refractivity contribution < 1.29 is 9.59 Å². The van der Waals surface area contributed by atoms with Gasteiger partial charge in [-0.3, -0.25) is 14.9 Å². The van der Waals surface area contributed by atoms with E-state index in [4.69, 9.17) is 5.73 Å². The Labute approximate surface area is 119 Å². The summed E-state index contributed by atoms with van der Waals surface area (Å²) in [5.74, 6) is -0.272. The van der Waals surface area contributed by atoms with E-state index < -0.39 is 6.04 Å². The van der Waals surface area contributed by atoms with Crippen LogP contribution in [0.1, 0.15) is 31.9 Å². The molecule has 1 heterocycles. The molecule has 0 saturated carbocycles. The van der Waals surface area contributed by atoms with Crippen LogP contribution < -0.4 is 16.0 Å². The van der Waals surface area contributed by atoms with E-state index in [1.54, 1.807) is 11.9 Å². The standard InChI is InChI=1S/C15H21N3O2/c1-9(2)14(15(16)20)17-11-8-13(19)18(3)12-7-5-4-6-10(11)12/h4-7,9,11,14,17H,8H2,1-3H3,(H2,16,20). The number of hydrogen-bond donors (Lipinski definition) is 2. The van der Waals surface area contributed by atoms with Gasteiger partial charge in [0.1, 0.15) is 0 Å². The van der Waals surface area contributed by atoms with Gasteiger partial charge in [-0.2, -0.15) is 0 Å². The molecule has 5 heteroatoms. The normalized spacial score (nSPS) is 19.9. The maximum Gasteiger partial charge on any atom is 0.234 e. The topological polar surface area (TPSA) is 75.4 Å². The van der Waals surface area contributed by atoms with Gasteiger partial charge in [0.05, 0.1) is 6.04 Å². The summed E-state index contributed by atoms with van der Waals surface area (Å²) < 4.78 is 0. The van der Waals surface area contributed by atoms with Crippen molar-refractivity contribution in [3.05, 3.63) is 29.8 Å². The van der Waals surface area contributed by atoms with Crippen molar-refractivity contribution in [2.24, 2.45) is 11.7 Å². The van der Waals surface area contributed by atoms with Crippen molar-refractivity contribution in [2.75, 3.05) is 11.9 Å². The highest BCUT2D eigenvalue weighted by atomic mass is 16.2. The van der Waals surface area contributed by atoms with Crippen molar-refractivity contribution >= 4 is 17.5 Å². The van der Waals surface area contributed by atoms with Gasteiger partial charge < -0.3 is 10.6 Å². The van der Waals surface area contributed by atoms with E-state index >= 15 is 0 Å². The van der Waals surface area contributed by atoms with Crippen LogP contribution in [-0.4, -0.2) is 24.9 Å². The van der Waals surface area contributed by atoms with Gasteiger partial charge in [-0.1, -0.05) is 32.0 Å². The minimum atomic E-state index is -0.440. The first-order valence-corrected chi connectivity index (χ1v) is 6.82. The lowest BCUT2D eigenvalue weighted by Crippen LogP contribution is -2.49. The summed E-state index contributed by atoms with van der Waals surface area (Å²) >= 11 is 0. The van der Waals surface area contributed by atoms with Crippen molar-refractivity contribution in [1.82, 2.24) is 5.32 Å². The van der Waals surface area contributed by atoms with Gasteiger partial charge in [-0.05, 0) is 17.5 Å². The Balaban J connectivity index is 2.31. The number of nitrogens with zero attached hydrogens (tertiary/aromatic N) is 1. The Kier molecular flexibility index (Phi) is 4.09. The number of hydrogen-bond acceptors (Lipinski definition) is 3. The lowest BCUT2D eigenvalue weighted by Gasteiger charge is -2.34. The fraction of sp³-hybridized carbons (Fsp3) is 0.467. The van der Waals surface area contributed by atoms with Gasteiger partial charge >= 0.3 is 0 Å². The van der Waals surface area contributed by atoms with Gasteiger partial charge in [0.15, 0.2) is 0 Å². The summed E-state index contributed by atoms with van der Waals surface area (Å²) in [7, 11) is 1.77. The zero-order chi connectivity index (χ0) is 14.9. The number of para-hydroxylation sites is 1. The number of nitrogens with two attached hydrogens (primary N) is 1. The van der Waals surface area contributed by atoms with Crippen molar-refractivity contribution in [2.45, 2.75) is 32.4 Å². The third kappa shape index (κ3) is 2.67. The van der Waals surface area contributed by atoms with E-state index in [0.717, 1.165) is 11.3 Å². The molecule has 1 aromatic carbocycles. The van der Waals surface area contributed by atoms with Crippen LogP contribution in [0, 0.1) is 5.92 Å². The first kappa shape index (κ1) is 14.5. The predicted octanol–water partition coefficient (Wildman–Crippen LogP) is 1.19. The van der Waals surface area contributed by atoms with E-state index in [1.807, 2.05) is 38.1 Å². The van der Waals surface area contributed by atoms with Crippen LogP contribution in [0.5, 0.6) is 0 Å². The second-order valence-electron chi connectivity index (χ2n) is 5.56. The molecular formula is C15H21N3O2. The number of primary amides is 1. The number of carbonyl (C=O) groups is 2. The summed E-state index contributed by atoms with van der Waals surface area (Å²) in [4.78, 5) is 25.2. The zero-order valence-electron chi connectivity index (χ0n) is 12.1. The maximum atomic E-state index is 12.1. The van der Waals surface area contributed by atoms with Gasteiger partial charge in [-0.15, -0.1) is 0 Å². The first-order chi connectivity index (χ1) is 9.41. The van der Waals surface area contributed by atoms with E-state index in [1.165, 1.54) is 0 Å². The number of rotatable bonds is 4. The number of nitrogens with one attached hydrogen (secondary N) is 1. The monoisotopic (exact) mass is 275 g/mol. The first-order valence-electron chi connectivity index (χ1n) is 6.82. The molecule has 20 heavy (non-hydrogen) atoms. The molecule has 0 spiro atoms. The largest absolute Gasteiger partial charge is 0.368 e. The van der Waals surface area contributed by atoms with Crippen LogP contribution in [0.2, 0.25) is 0 Å². The summed E-state index contributed by atoms with van der Waals surface area (Å²) in [6, 6.07) is 7.12. The Morgan fingerprint density at radius 3 is 2.65 bits per heavy atom. The highest BCUT2D eigenvalue weighted by molar-refractivity contribution is 5.96. The molecule has 1 aliphatic rings. The van der Waals surface area contributed by atoms with Crippen LogP contribution in [0.4, 0.5) is 5.69 Å². The lowest BCUT2D eigenvalue weighted by molar-refractivity contribution is -0.123. The minimum Gasteiger partial charge on any atom is -0.368 e. The van der Waals surface area contributed by atoms with Crippen molar-refractivity contribution in [1.29, 1.82) is 0 Å². The quantitative estimate of drug-likeness (QED) is 0.866. The molecule has 0 radical (unpaired) electrons. The van der Waals surface area contributed by atoms with Crippen LogP contribution in [0.15, 0.2) is 24.3 Å². The molecule has 1 aliphatic heterocycles.